The molecule has 1 fully saturated rings. The number of nitrogens with one attached hydrogen (secondary N) is 1. The first kappa shape index (κ1) is 19.8. The number of oxime groups is 1. The number of nitrogen functional groups attached to an aromatic ring is 1. The van der Waals surface area contributed by atoms with Crippen LogP contribution in [0.3, 0.4) is 0 Å². The molecule has 1 aliphatic heterocycles. The van der Waals surface area contributed by atoms with Crippen molar-refractivity contribution in [2.75, 3.05) is 18.7 Å². The molecule has 1 aromatic rings. The number of carboxylic acids is 1. The Labute approximate surface area is 151 Å². The Morgan fingerprint density at radius 3 is 2.77 bits per heavy atom. The van der Waals surface area contributed by atoms with Crippen molar-refractivity contribution in [2.45, 2.75) is 19.0 Å². The SMILES string of the molecule is C[C@H]1[C@H](NC(=O)/C(=N\OCC(=O)O)c2csc(N)n2)C(=O)N1[PH](=O)CO. The Bertz CT molecular complexity index is 782. The molecule has 1 aliphatic rings. The second-order valence-electron chi connectivity index (χ2n) is 5.13. The van der Waals surface area contributed by atoms with Gasteiger partial charge in [-0.2, -0.15) is 0 Å². The number of hydrogen-bond acceptors (Lipinski definition) is 10. The van der Waals surface area contributed by atoms with E-state index in [0.717, 1.165) is 16.0 Å². The quantitative estimate of drug-likeness (QED) is 0.176. The number of aliphatic carboxylic acids is 1. The lowest BCUT2D eigenvalue weighted by molar-refractivity contribution is -0.143. The Balaban J connectivity index is 2.13. The maximum Gasteiger partial charge on any atom is 0.344 e. The van der Waals surface area contributed by atoms with Gasteiger partial charge in [-0.05, 0) is 6.92 Å². The van der Waals surface area contributed by atoms with Gasteiger partial charge in [0.2, 0.25) is 6.61 Å². The first-order chi connectivity index (χ1) is 12.3. The molecule has 12 nitrogen and oxygen atoms in total. The summed E-state index contributed by atoms with van der Waals surface area (Å²) in [5.74, 6) is -2.74. The van der Waals surface area contributed by atoms with Crippen LogP contribution in [0.25, 0.3) is 0 Å². The van der Waals surface area contributed by atoms with Gasteiger partial charge in [-0.25, -0.2) is 9.78 Å². The smallest absolute Gasteiger partial charge is 0.344 e. The number of rotatable bonds is 8. The van der Waals surface area contributed by atoms with Gasteiger partial charge in [0.15, 0.2) is 18.8 Å². The predicted molar refractivity (Wildman–Crippen MR) is 91.0 cm³/mol. The summed E-state index contributed by atoms with van der Waals surface area (Å²) in [5.41, 5.74) is 5.21. The Morgan fingerprint density at radius 2 is 2.27 bits per heavy atom. The molecular formula is C12H16N5O7PS. The summed E-state index contributed by atoms with van der Waals surface area (Å²) in [6.07, 6.45) is -0.644. The highest BCUT2D eigenvalue weighted by molar-refractivity contribution is 7.42. The molecule has 0 saturated carbocycles. The Hall–Kier alpha value is -2.50. The van der Waals surface area contributed by atoms with Crippen LogP contribution in [0, 0.1) is 0 Å². The molecule has 3 atom stereocenters. The third-order valence-corrected chi connectivity index (χ3v) is 5.52. The molecule has 1 aromatic heterocycles. The zero-order valence-corrected chi connectivity index (χ0v) is 15.2. The van der Waals surface area contributed by atoms with Gasteiger partial charge in [-0.3, -0.25) is 14.3 Å². The lowest BCUT2D eigenvalue weighted by atomic mass is 10.0. The summed E-state index contributed by atoms with van der Waals surface area (Å²) in [6, 6.07) is -1.56. The van der Waals surface area contributed by atoms with Crippen LogP contribution in [0.4, 0.5) is 5.13 Å². The van der Waals surface area contributed by atoms with Crippen LogP contribution in [0.2, 0.25) is 0 Å². The average molecular weight is 405 g/mol. The number of hydrogen-bond donors (Lipinski definition) is 4. The molecule has 1 saturated heterocycles. The number of carbonyl (C=O) groups excluding carboxylic acids is 2. The molecule has 2 heterocycles. The average Bonchev–Trinajstić information content (AvgIpc) is 3.02. The fraction of sp³-hybridized carbons (Fsp3) is 0.417. The first-order valence-electron chi connectivity index (χ1n) is 7.17. The highest BCUT2D eigenvalue weighted by Crippen LogP contribution is 2.37. The van der Waals surface area contributed by atoms with Crippen molar-refractivity contribution >= 4 is 47.9 Å². The number of β-lactam (4-membered cyclic amide) rings is 1. The van der Waals surface area contributed by atoms with Gasteiger partial charge in [0.25, 0.3) is 11.8 Å². The van der Waals surface area contributed by atoms with Gasteiger partial charge in [-0.15, -0.1) is 11.3 Å². The second-order valence-corrected chi connectivity index (χ2v) is 7.61. The standard InChI is InChI=1S/C12H16N5O7PS/c1-5-8(11(22)17(5)25(23)4-18)15-10(21)9(16-24-2-7(19)20)6-3-26-12(13)14-6/h3,5,8,18,25H,2,4H2,1H3,(H2,13,14)(H,15,21)(H,19,20)/b16-9-/t5-,8-/m0/s1. The van der Waals surface area contributed by atoms with Crippen molar-refractivity contribution in [1.29, 1.82) is 0 Å². The minimum atomic E-state index is -2.64. The minimum absolute atomic E-state index is 0.0515. The number of nitrogens with two attached hydrogens (primary N) is 1. The van der Waals surface area contributed by atoms with E-state index in [2.05, 4.69) is 20.3 Å². The summed E-state index contributed by atoms with van der Waals surface area (Å²) in [5, 5.41) is 24.9. The van der Waals surface area contributed by atoms with Crippen LogP contribution in [0.5, 0.6) is 0 Å². The molecule has 2 rings (SSSR count). The number of aliphatic hydroxyl groups is 1. The van der Waals surface area contributed by atoms with Gasteiger partial charge < -0.3 is 30.7 Å². The lowest BCUT2D eigenvalue weighted by Gasteiger charge is -2.44. The maximum absolute atomic E-state index is 12.4. The van der Waals surface area contributed by atoms with E-state index >= 15 is 0 Å². The van der Waals surface area contributed by atoms with Crippen molar-refractivity contribution < 1.29 is 34.0 Å². The van der Waals surface area contributed by atoms with Crippen LogP contribution in [-0.2, 0) is 23.8 Å². The lowest BCUT2D eigenvalue weighted by Crippen LogP contribution is -2.67. The highest BCUT2D eigenvalue weighted by Gasteiger charge is 2.48. The Kier molecular flexibility index (Phi) is 6.29. The number of thiazole rings is 1. The van der Waals surface area contributed by atoms with E-state index in [1.165, 1.54) is 5.38 Å². The molecule has 1 unspecified atom stereocenters. The molecule has 0 spiro atoms. The summed E-state index contributed by atoms with van der Waals surface area (Å²) in [4.78, 5) is 43.4. The van der Waals surface area contributed by atoms with E-state index < -0.39 is 50.8 Å². The van der Waals surface area contributed by atoms with Crippen molar-refractivity contribution in [2.24, 2.45) is 5.16 Å². The van der Waals surface area contributed by atoms with E-state index in [4.69, 9.17) is 15.9 Å². The number of nitrogens with zero attached hydrogens (tertiary/aromatic N) is 3. The number of anilines is 1. The van der Waals surface area contributed by atoms with Crippen LogP contribution >= 0.6 is 19.3 Å². The molecule has 2 amide bonds. The zero-order valence-electron chi connectivity index (χ0n) is 13.4. The summed E-state index contributed by atoms with van der Waals surface area (Å²) in [6.45, 7) is 0.782. The van der Waals surface area contributed by atoms with E-state index in [1.54, 1.807) is 6.92 Å². The van der Waals surface area contributed by atoms with E-state index in [0.29, 0.717) is 0 Å². The summed E-state index contributed by atoms with van der Waals surface area (Å²) in [7, 11) is -2.64. The fourth-order valence-corrected chi connectivity index (χ4v) is 3.88. The van der Waals surface area contributed by atoms with Gasteiger partial charge in [-0.1, -0.05) is 5.16 Å². The van der Waals surface area contributed by atoms with Crippen molar-refractivity contribution in [3.8, 4) is 0 Å². The number of aromatic nitrogens is 1. The van der Waals surface area contributed by atoms with Crippen LogP contribution in [0.1, 0.15) is 12.6 Å². The second kappa shape index (κ2) is 8.25. The summed E-state index contributed by atoms with van der Waals surface area (Å²) < 4.78 is 12.6. The number of aliphatic hydroxyl groups excluding tert-OH is 1. The fourth-order valence-electron chi connectivity index (χ4n) is 2.19. The zero-order chi connectivity index (χ0) is 19.4. The van der Waals surface area contributed by atoms with Gasteiger partial charge in [0.05, 0.1) is 6.04 Å². The molecule has 5 N–H and O–H groups in total. The normalized spacial score (nSPS) is 21.1. The molecule has 14 heteroatoms. The van der Waals surface area contributed by atoms with Crippen LogP contribution in [0.15, 0.2) is 10.5 Å². The Morgan fingerprint density at radius 1 is 1.58 bits per heavy atom. The first-order valence-corrected chi connectivity index (χ1v) is 9.61. The monoisotopic (exact) mass is 405 g/mol. The van der Waals surface area contributed by atoms with Gasteiger partial charge in [0.1, 0.15) is 18.1 Å². The van der Waals surface area contributed by atoms with Crippen molar-refractivity contribution in [3.63, 3.8) is 0 Å². The highest BCUT2D eigenvalue weighted by atomic mass is 32.1. The van der Waals surface area contributed by atoms with E-state index in [-0.39, 0.29) is 16.5 Å². The summed E-state index contributed by atoms with van der Waals surface area (Å²) >= 11 is 1.03. The maximum atomic E-state index is 12.4. The van der Waals surface area contributed by atoms with E-state index in [9.17, 15) is 18.9 Å². The van der Waals surface area contributed by atoms with Gasteiger partial charge in [0, 0.05) is 5.38 Å². The van der Waals surface area contributed by atoms with Gasteiger partial charge >= 0.3 is 5.97 Å². The molecule has 0 bridgehead atoms. The van der Waals surface area contributed by atoms with Crippen molar-refractivity contribution in [1.82, 2.24) is 15.0 Å². The third-order valence-electron chi connectivity index (χ3n) is 3.41. The topological polar surface area (TPSA) is 185 Å². The van der Waals surface area contributed by atoms with Crippen LogP contribution in [-0.4, -0.2) is 68.4 Å². The number of carbonyl (C=O) groups is 3. The molecule has 0 radical (unpaired) electrons. The largest absolute Gasteiger partial charge is 0.479 e. The number of amides is 2. The molecule has 0 aliphatic carbocycles. The molecule has 0 aromatic carbocycles. The number of carboxylic acid groups (broad SMARTS) is 1. The van der Waals surface area contributed by atoms with Crippen LogP contribution < -0.4 is 11.1 Å². The predicted octanol–water partition coefficient (Wildman–Crippen LogP) is -1.33. The molecule has 142 valence electrons. The molecule has 26 heavy (non-hydrogen) atoms. The van der Waals surface area contributed by atoms with Crippen molar-refractivity contribution in [3.05, 3.63) is 11.1 Å². The molecular weight excluding hydrogens is 389 g/mol. The minimum Gasteiger partial charge on any atom is -0.479 e. The van der Waals surface area contributed by atoms with E-state index in [1.807, 2.05) is 0 Å². The third kappa shape index (κ3) is 4.18.